The summed E-state index contributed by atoms with van der Waals surface area (Å²) in [5, 5.41) is 20.0. The molecule has 0 spiro atoms. The number of methoxy groups -OCH3 is 1. The van der Waals surface area contributed by atoms with E-state index >= 15 is 0 Å². The minimum Gasteiger partial charge on any atom is -0.508 e. The third kappa shape index (κ3) is 2.99. The molecule has 0 radical (unpaired) electrons. The number of ketones is 1. The van der Waals surface area contributed by atoms with Crippen LogP contribution in [-0.2, 0) is 0 Å². The van der Waals surface area contributed by atoms with Crippen molar-refractivity contribution in [1.82, 2.24) is 0 Å². The van der Waals surface area contributed by atoms with E-state index in [4.69, 9.17) is 4.74 Å². The van der Waals surface area contributed by atoms with Crippen molar-refractivity contribution in [2.24, 2.45) is 0 Å². The topological polar surface area (TPSA) is 66.8 Å². The number of hydrogen-bond acceptors (Lipinski definition) is 4. The van der Waals surface area contributed by atoms with Crippen LogP contribution in [0.1, 0.15) is 41.3 Å². The van der Waals surface area contributed by atoms with Crippen molar-refractivity contribution in [3.8, 4) is 17.2 Å². The van der Waals surface area contributed by atoms with Crippen molar-refractivity contribution in [3.63, 3.8) is 0 Å². The number of carbonyl (C=O) groups excluding carboxylic acids is 1. The summed E-state index contributed by atoms with van der Waals surface area (Å²) in [7, 11) is 1.55. The van der Waals surface area contributed by atoms with Crippen LogP contribution in [0.4, 0.5) is 0 Å². The maximum Gasteiger partial charge on any atom is 0.196 e. The molecule has 4 nitrogen and oxygen atoms in total. The van der Waals surface area contributed by atoms with Crippen LogP contribution in [0.25, 0.3) is 0 Å². The number of aromatic hydroxyl groups is 2. The van der Waals surface area contributed by atoms with Gasteiger partial charge in [0, 0.05) is 11.1 Å². The van der Waals surface area contributed by atoms with Gasteiger partial charge in [0.25, 0.3) is 0 Å². The van der Waals surface area contributed by atoms with Crippen molar-refractivity contribution < 1.29 is 19.7 Å². The predicted molar refractivity (Wildman–Crippen MR) is 80.3 cm³/mol. The highest BCUT2D eigenvalue weighted by atomic mass is 16.5. The van der Waals surface area contributed by atoms with Gasteiger partial charge in [0.2, 0.25) is 0 Å². The fourth-order valence-corrected chi connectivity index (χ4v) is 2.15. The Labute approximate surface area is 123 Å². The Morgan fingerprint density at radius 1 is 1.10 bits per heavy atom. The number of rotatable bonds is 4. The average Bonchev–Trinajstić information content (AvgIpc) is 2.48. The first-order valence-corrected chi connectivity index (χ1v) is 6.68. The van der Waals surface area contributed by atoms with Gasteiger partial charge >= 0.3 is 0 Å². The summed E-state index contributed by atoms with van der Waals surface area (Å²) in [4.78, 5) is 12.5. The molecule has 2 aromatic rings. The smallest absolute Gasteiger partial charge is 0.196 e. The summed E-state index contributed by atoms with van der Waals surface area (Å²) < 4.78 is 5.05. The van der Waals surface area contributed by atoms with E-state index in [1.54, 1.807) is 31.4 Å². The van der Waals surface area contributed by atoms with E-state index < -0.39 is 0 Å². The molecular weight excluding hydrogens is 268 g/mol. The van der Waals surface area contributed by atoms with Gasteiger partial charge in [-0.05, 0) is 42.3 Å². The molecule has 2 N–H and O–H groups in total. The summed E-state index contributed by atoms with van der Waals surface area (Å²) in [6.45, 7) is 3.77. The summed E-state index contributed by atoms with van der Waals surface area (Å²) in [6.07, 6.45) is 0. The van der Waals surface area contributed by atoms with Crippen molar-refractivity contribution in [1.29, 1.82) is 0 Å². The molecule has 0 saturated carbocycles. The van der Waals surface area contributed by atoms with Gasteiger partial charge in [0.1, 0.15) is 17.2 Å². The molecule has 0 fully saturated rings. The molecule has 0 bridgehead atoms. The third-order valence-corrected chi connectivity index (χ3v) is 3.34. The zero-order valence-corrected chi connectivity index (χ0v) is 12.3. The molecule has 0 aliphatic carbocycles. The van der Waals surface area contributed by atoms with Gasteiger partial charge in [-0.3, -0.25) is 4.79 Å². The van der Waals surface area contributed by atoms with Crippen molar-refractivity contribution in [2.75, 3.05) is 7.11 Å². The fourth-order valence-electron chi connectivity index (χ4n) is 2.15. The third-order valence-electron chi connectivity index (χ3n) is 3.34. The van der Waals surface area contributed by atoms with Crippen LogP contribution >= 0.6 is 0 Å². The normalized spacial score (nSPS) is 10.7. The SMILES string of the molecule is COc1ccc(C(=O)c2cc(O)cc(C(C)C)c2O)cc1. The zero-order chi connectivity index (χ0) is 15.6. The summed E-state index contributed by atoms with van der Waals surface area (Å²) >= 11 is 0. The predicted octanol–water partition coefficient (Wildman–Crippen LogP) is 3.46. The first kappa shape index (κ1) is 14.9. The molecule has 110 valence electrons. The maximum atomic E-state index is 12.5. The lowest BCUT2D eigenvalue weighted by Crippen LogP contribution is -2.04. The molecule has 0 atom stereocenters. The van der Waals surface area contributed by atoms with Crippen LogP contribution in [0, 0.1) is 0 Å². The molecule has 0 saturated heterocycles. The highest BCUT2D eigenvalue weighted by molar-refractivity contribution is 6.11. The highest BCUT2D eigenvalue weighted by Crippen LogP contribution is 2.34. The molecule has 0 unspecified atom stereocenters. The van der Waals surface area contributed by atoms with Gasteiger partial charge in [0.15, 0.2) is 5.78 Å². The van der Waals surface area contributed by atoms with Crippen LogP contribution in [0.15, 0.2) is 36.4 Å². The van der Waals surface area contributed by atoms with Crippen molar-refractivity contribution in [2.45, 2.75) is 19.8 Å². The Bertz CT molecular complexity index is 657. The second kappa shape index (κ2) is 5.87. The molecule has 4 heteroatoms. The van der Waals surface area contributed by atoms with Crippen molar-refractivity contribution in [3.05, 3.63) is 53.1 Å². The average molecular weight is 286 g/mol. The molecule has 0 aliphatic rings. The fraction of sp³-hybridized carbons (Fsp3) is 0.235. The summed E-state index contributed by atoms with van der Waals surface area (Å²) in [5.41, 5.74) is 1.07. The first-order valence-electron chi connectivity index (χ1n) is 6.68. The molecule has 0 aromatic heterocycles. The van der Waals surface area contributed by atoms with E-state index in [0.29, 0.717) is 16.9 Å². The van der Waals surface area contributed by atoms with Gasteiger partial charge in [-0.1, -0.05) is 13.8 Å². The number of hydrogen-bond donors (Lipinski definition) is 2. The van der Waals surface area contributed by atoms with Crippen LogP contribution in [0.5, 0.6) is 17.2 Å². The Hall–Kier alpha value is -2.49. The lowest BCUT2D eigenvalue weighted by atomic mass is 9.94. The molecule has 0 aliphatic heterocycles. The van der Waals surface area contributed by atoms with Gasteiger partial charge in [0.05, 0.1) is 12.7 Å². The molecule has 0 heterocycles. The van der Waals surface area contributed by atoms with Crippen LogP contribution in [-0.4, -0.2) is 23.1 Å². The monoisotopic (exact) mass is 286 g/mol. The van der Waals surface area contributed by atoms with Crippen LogP contribution in [0.2, 0.25) is 0 Å². The number of phenols is 2. The zero-order valence-electron chi connectivity index (χ0n) is 12.3. The van der Waals surface area contributed by atoms with Crippen LogP contribution in [0.3, 0.4) is 0 Å². The second-order valence-electron chi connectivity index (χ2n) is 5.14. The van der Waals surface area contributed by atoms with Gasteiger partial charge in [-0.2, -0.15) is 0 Å². The molecule has 2 aromatic carbocycles. The molecule has 2 rings (SSSR count). The van der Waals surface area contributed by atoms with E-state index in [0.717, 1.165) is 0 Å². The Morgan fingerprint density at radius 2 is 1.71 bits per heavy atom. The Balaban J connectivity index is 2.47. The van der Waals surface area contributed by atoms with E-state index in [9.17, 15) is 15.0 Å². The second-order valence-corrected chi connectivity index (χ2v) is 5.14. The number of ether oxygens (including phenoxy) is 1. The molecule has 0 amide bonds. The summed E-state index contributed by atoms with van der Waals surface area (Å²) in [6, 6.07) is 9.37. The lowest BCUT2D eigenvalue weighted by Gasteiger charge is -2.13. The van der Waals surface area contributed by atoms with Gasteiger partial charge < -0.3 is 14.9 Å². The van der Waals surface area contributed by atoms with Gasteiger partial charge in [-0.25, -0.2) is 0 Å². The molecule has 21 heavy (non-hydrogen) atoms. The minimum atomic E-state index is -0.340. The van der Waals surface area contributed by atoms with Crippen LogP contribution < -0.4 is 4.74 Å². The molecular formula is C17H18O4. The summed E-state index contributed by atoms with van der Waals surface area (Å²) in [5.74, 6) is 0.194. The standard InChI is InChI=1S/C17H18O4/c1-10(2)14-8-12(18)9-15(17(14)20)16(19)11-4-6-13(21-3)7-5-11/h4-10,18,20H,1-3H3. The Morgan fingerprint density at radius 3 is 2.24 bits per heavy atom. The minimum absolute atomic E-state index is 0.000447. The first-order chi connectivity index (χ1) is 9.93. The van der Waals surface area contributed by atoms with Gasteiger partial charge in [-0.15, -0.1) is 0 Å². The van der Waals surface area contributed by atoms with Crippen molar-refractivity contribution >= 4 is 5.78 Å². The van der Waals surface area contributed by atoms with E-state index in [2.05, 4.69) is 0 Å². The quantitative estimate of drug-likeness (QED) is 0.667. The highest BCUT2D eigenvalue weighted by Gasteiger charge is 2.19. The number of benzene rings is 2. The number of carbonyl (C=O) groups is 1. The van der Waals surface area contributed by atoms with E-state index in [-0.39, 0.29) is 28.8 Å². The number of phenolic OH excluding ortho intramolecular Hbond substituents is 2. The maximum absolute atomic E-state index is 12.5. The lowest BCUT2D eigenvalue weighted by molar-refractivity contribution is 0.103. The van der Waals surface area contributed by atoms with E-state index in [1.165, 1.54) is 12.1 Å². The van der Waals surface area contributed by atoms with E-state index in [1.807, 2.05) is 13.8 Å². The Kier molecular flexibility index (Phi) is 4.17. The largest absolute Gasteiger partial charge is 0.508 e.